The van der Waals surface area contributed by atoms with Crippen molar-refractivity contribution in [2.24, 2.45) is 11.8 Å². The Morgan fingerprint density at radius 2 is 1.91 bits per heavy atom. The quantitative estimate of drug-likeness (QED) is 0.798. The summed E-state index contributed by atoms with van der Waals surface area (Å²) in [6, 6.07) is 6.25. The Balaban J connectivity index is 1.66. The van der Waals surface area contributed by atoms with Crippen LogP contribution < -0.4 is 4.74 Å². The van der Waals surface area contributed by atoms with Gasteiger partial charge >= 0.3 is 0 Å². The molecule has 0 bridgehead atoms. The van der Waals surface area contributed by atoms with E-state index in [4.69, 9.17) is 4.74 Å². The van der Waals surface area contributed by atoms with E-state index < -0.39 is 11.9 Å². The van der Waals surface area contributed by atoms with Gasteiger partial charge < -0.3 is 9.64 Å². The van der Waals surface area contributed by atoms with Gasteiger partial charge in [0.2, 0.25) is 0 Å². The molecule has 2 aliphatic rings. The molecule has 3 nitrogen and oxygen atoms in total. The molecule has 0 N–H and O–H groups in total. The summed E-state index contributed by atoms with van der Waals surface area (Å²) in [4.78, 5) is 14.6. The number of allylic oxidation sites excluding steroid dienone is 2. The van der Waals surface area contributed by atoms with Gasteiger partial charge in [-0.1, -0.05) is 31.2 Å². The van der Waals surface area contributed by atoms with Gasteiger partial charge in [-0.3, -0.25) is 4.79 Å². The molecule has 0 unspecified atom stereocenters. The molecule has 3 atom stereocenters. The van der Waals surface area contributed by atoms with Crippen LogP contribution in [0.4, 0.5) is 4.39 Å². The highest BCUT2D eigenvalue weighted by Crippen LogP contribution is 2.33. The summed E-state index contributed by atoms with van der Waals surface area (Å²) in [6.07, 6.45) is 6.46. The number of amides is 1. The van der Waals surface area contributed by atoms with Gasteiger partial charge in [0.25, 0.3) is 5.91 Å². The van der Waals surface area contributed by atoms with Crippen molar-refractivity contribution in [3.8, 4) is 5.75 Å². The van der Waals surface area contributed by atoms with Crippen LogP contribution in [0.25, 0.3) is 0 Å². The van der Waals surface area contributed by atoms with Crippen molar-refractivity contribution in [1.82, 2.24) is 4.90 Å². The average molecular weight is 303 g/mol. The third kappa shape index (κ3) is 3.01. The second-order valence-electron chi connectivity index (χ2n) is 6.15. The van der Waals surface area contributed by atoms with Crippen molar-refractivity contribution in [1.29, 1.82) is 0 Å². The van der Waals surface area contributed by atoms with Gasteiger partial charge in [0, 0.05) is 13.1 Å². The average Bonchev–Trinajstić information content (AvgIpc) is 2.97. The van der Waals surface area contributed by atoms with Crippen molar-refractivity contribution >= 4 is 5.91 Å². The minimum absolute atomic E-state index is 0.0137. The number of hydrogen-bond donors (Lipinski definition) is 0. The maximum absolute atomic E-state index is 13.7. The predicted octanol–water partition coefficient (Wildman–Crippen LogP) is 3.41. The second-order valence-corrected chi connectivity index (χ2v) is 6.15. The Morgan fingerprint density at radius 1 is 1.27 bits per heavy atom. The Bertz CT molecular complexity index is 556. The first-order valence-corrected chi connectivity index (χ1v) is 8.04. The molecular weight excluding hydrogens is 281 g/mol. The topological polar surface area (TPSA) is 29.5 Å². The lowest BCUT2D eigenvalue weighted by Crippen LogP contribution is -2.40. The van der Waals surface area contributed by atoms with Crippen LogP contribution in [0.1, 0.15) is 26.2 Å². The van der Waals surface area contributed by atoms with Gasteiger partial charge in [0.05, 0.1) is 0 Å². The van der Waals surface area contributed by atoms with E-state index in [1.165, 1.54) is 6.07 Å². The molecule has 0 spiro atoms. The molecule has 1 aliphatic carbocycles. The highest BCUT2D eigenvalue weighted by molar-refractivity contribution is 5.81. The first-order chi connectivity index (χ1) is 10.7. The molecule has 0 radical (unpaired) electrons. The third-order valence-corrected chi connectivity index (χ3v) is 4.68. The van der Waals surface area contributed by atoms with Crippen LogP contribution >= 0.6 is 0 Å². The molecule has 1 saturated heterocycles. The van der Waals surface area contributed by atoms with Gasteiger partial charge in [-0.2, -0.15) is 0 Å². The molecule has 1 heterocycles. The van der Waals surface area contributed by atoms with Crippen LogP contribution in [0.3, 0.4) is 0 Å². The summed E-state index contributed by atoms with van der Waals surface area (Å²) in [5.74, 6) is 0.856. The summed E-state index contributed by atoms with van der Waals surface area (Å²) < 4.78 is 19.4. The summed E-state index contributed by atoms with van der Waals surface area (Å²) in [6.45, 7) is 3.49. The number of carbonyl (C=O) groups is 1. The second kappa shape index (κ2) is 6.51. The van der Waals surface area contributed by atoms with Gasteiger partial charge in [-0.25, -0.2) is 4.39 Å². The molecule has 118 valence electrons. The summed E-state index contributed by atoms with van der Waals surface area (Å²) >= 11 is 0. The maximum atomic E-state index is 13.7. The minimum atomic E-state index is -0.606. The van der Waals surface area contributed by atoms with E-state index in [9.17, 15) is 9.18 Å². The lowest BCUT2D eigenvalue weighted by molar-refractivity contribution is -0.138. The SMILES string of the molecule is CC[C@H](Oc1ccccc1F)C(=O)N1C[C@H]2CC=CC[C@H]2C1. The largest absolute Gasteiger partial charge is 0.478 e. The van der Waals surface area contributed by atoms with Gasteiger partial charge in [0.1, 0.15) is 0 Å². The zero-order chi connectivity index (χ0) is 15.5. The molecule has 1 fully saturated rings. The fraction of sp³-hybridized carbons (Fsp3) is 0.500. The normalized spacial score (nSPS) is 24.9. The number of ether oxygens (including phenoxy) is 1. The first-order valence-electron chi connectivity index (χ1n) is 8.04. The molecule has 1 aromatic rings. The fourth-order valence-electron chi connectivity index (χ4n) is 3.40. The number of para-hydroxylation sites is 1. The molecule has 1 aromatic carbocycles. The highest BCUT2D eigenvalue weighted by Gasteiger charge is 2.37. The summed E-state index contributed by atoms with van der Waals surface area (Å²) in [7, 11) is 0. The molecule has 4 heteroatoms. The van der Waals surface area contributed by atoms with Crippen LogP contribution in [0.2, 0.25) is 0 Å². The van der Waals surface area contributed by atoms with Gasteiger partial charge in [-0.05, 0) is 43.2 Å². The Hall–Kier alpha value is -1.84. The van der Waals surface area contributed by atoms with E-state index in [1.54, 1.807) is 18.2 Å². The standard InChI is InChI=1S/C18H22FNO2/c1-2-16(22-17-10-6-5-9-15(17)19)18(21)20-11-13-7-3-4-8-14(13)12-20/h3-6,9-10,13-14,16H,2,7-8,11-12H2,1H3/t13-,14+,16-/m0/s1. The van der Waals surface area contributed by atoms with Crippen molar-refractivity contribution in [2.45, 2.75) is 32.3 Å². The zero-order valence-corrected chi connectivity index (χ0v) is 12.9. The van der Waals surface area contributed by atoms with Crippen LogP contribution in [-0.4, -0.2) is 30.0 Å². The highest BCUT2D eigenvalue weighted by atomic mass is 19.1. The number of fused-ring (bicyclic) bond motifs is 1. The smallest absolute Gasteiger partial charge is 0.263 e. The number of nitrogens with zero attached hydrogens (tertiary/aromatic N) is 1. The zero-order valence-electron chi connectivity index (χ0n) is 12.9. The molecular formula is C18H22FNO2. The number of hydrogen-bond acceptors (Lipinski definition) is 2. The summed E-state index contributed by atoms with van der Waals surface area (Å²) in [5.41, 5.74) is 0. The molecule has 22 heavy (non-hydrogen) atoms. The van der Waals surface area contributed by atoms with Crippen LogP contribution in [0, 0.1) is 17.7 Å². The van der Waals surface area contributed by atoms with Crippen molar-refractivity contribution in [2.75, 3.05) is 13.1 Å². The van der Waals surface area contributed by atoms with Crippen molar-refractivity contribution in [3.05, 3.63) is 42.2 Å². The molecule has 1 aliphatic heterocycles. The van der Waals surface area contributed by atoms with Crippen LogP contribution in [-0.2, 0) is 4.79 Å². The number of rotatable bonds is 4. The maximum Gasteiger partial charge on any atom is 0.263 e. The molecule has 0 aromatic heterocycles. The predicted molar refractivity (Wildman–Crippen MR) is 83.0 cm³/mol. The van der Waals surface area contributed by atoms with E-state index in [0.717, 1.165) is 25.9 Å². The lowest BCUT2D eigenvalue weighted by atomic mass is 9.86. The van der Waals surface area contributed by atoms with E-state index in [0.29, 0.717) is 18.3 Å². The molecule has 0 saturated carbocycles. The molecule has 3 rings (SSSR count). The lowest BCUT2D eigenvalue weighted by Gasteiger charge is -2.23. The van der Waals surface area contributed by atoms with Gasteiger partial charge in [0.15, 0.2) is 17.7 Å². The monoisotopic (exact) mass is 303 g/mol. The first kappa shape index (κ1) is 15.1. The Labute approximate surface area is 130 Å². The van der Waals surface area contributed by atoms with Crippen molar-refractivity contribution in [3.63, 3.8) is 0 Å². The number of likely N-dealkylation sites (tertiary alicyclic amines) is 1. The molecule has 1 amide bonds. The Morgan fingerprint density at radius 3 is 2.50 bits per heavy atom. The van der Waals surface area contributed by atoms with E-state index in [1.807, 2.05) is 11.8 Å². The Kier molecular flexibility index (Phi) is 4.46. The van der Waals surface area contributed by atoms with E-state index in [-0.39, 0.29) is 11.7 Å². The summed E-state index contributed by atoms with van der Waals surface area (Å²) in [5, 5.41) is 0. The number of carbonyl (C=O) groups excluding carboxylic acids is 1. The third-order valence-electron chi connectivity index (χ3n) is 4.68. The van der Waals surface area contributed by atoms with Gasteiger partial charge in [-0.15, -0.1) is 0 Å². The fourth-order valence-corrected chi connectivity index (χ4v) is 3.40. The van der Waals surface area contributed by atoms with Crippen LogP contribution in [0.5, 0.6) is 5.75 Å². The van der Waals surface area contributed by atoms with Crippen molar-refractivity contribution < 1.29 is 13.9 Å². The van der Waals surface area contributed by atoms with E-state index in [2.05, 4.69) is 12.2 Å². The van der Waals surface area contributed by atoms with E-state index >= 15 is 0 Å². The minimum Gasteiger partial charge on any atom is -0.478 e. The number of halogens is 1. The van der Waals surface area contributed by atoms with Crippen LogP contribution in [0.15, 0.2) is 36.4 Å². The number of benzene rings is 1.